The summed E-state index contributed by atoms with van der Waals surface area (Å²) in [4.78, 5) is 25.1. The minimum atomic E-state index is -0.457. The first-order valence-electron chi connectivity index (χ1n) is 12.2. The summed E-state index contributed by atoms with van der Waals surface area (Å²) in [5.41, 5.74) is 5.23. The average molecular weight is 528 g/mol. The number of anilines is 5. The predicted octanol–water partition coefficient (Wildman–Crippen LogP) is 5.14. The van der Waals surface area contributed by atoms with Crippen molar-refractivity contribution < 1.29 is 19.0 Å². The Morgan fingerprint density at radius 1 is 0.846 bits per heavy atom. The molecular weight excluding hydrogens is 498 g/mol. The molecule has 0 saturated heterocycles. The first kappa shape index (κ1) is 26.9. The normalized spacial score (nSPS) is 10.8. The molecule has 1 heterocycles. The van der Waals surface area contributed by atoms with E-state index in [0.29, 0.717) is 23.4 Å². The molecule has 0 unspecified atom stereocenters. The molecule has 1 aromatic heterocycles. The molecule has 0 atom stereocenters. The summed E-state index contributed by atoms with van der Waals surface area (Å²) >= 11 is 0. The van der Waals surface area contributed by atoms with E-state index in [1.807, 2.05) is 60.7 Å². The molecule has 0 aliphatic rings. The van der Waals surface area contributed by atoms with Crippen LogP contribution in [0.1, 0.15) is 19.4 Å². The third kappa shape index (κ3) is 8.42. The lowest BCUT2D eigenvalue weighted by atomic mass is 10.2. The summed E-state index contributed by atoms with van der Waals surface area (Å²) in [7, 11) is 1.52. The minimum Gasteiger partial charge on any atom is -0.493 e. The van der Waals surface area contributed by atoms with Gasteiger partial charge in [-0.2, -0.15) is 20.1 Å². The second-order valence-corrected chi connectivity index (χ2v) is 8.40. The van der Waals surface area contributed by atoms with Crippen molar-refractivity contribution in [3.8, 4) is 11.5 Å². The van der Waals surface area contributed by atoms with E-state index in [1.165, 1.54) is 7.11 Å². The smallest absolute Gasteiger partial charge is 0.344 e. The van der Waals surface area contributed by atoms with Crippen molar-refractivity contribution in [3.05, 3.63) is 84.4 Å². The molecular formula is C28H29N7O4. The molecule has 0 aliphatic carbocycles. The Hall–Kier alpha value is -5.19. The van der Waals surface area contributed by atoms with Crippen LogP contribution < -0.4 is 25.5 Å². The van der Waals surface area contributed by atoms with E-state index < -0.39 is 5.97 Å². The van der Waals surface area contributed by atoms with Crippen molar-refractivity contribution in [1.29, 1.82) is 0 Å². The molecule has 11 heteroatoms. The topological polar surface area (TPSA) is 132 Å². The highest BCUT2D eigenvalue weighted by Gasteiger charge is 2.11. The summed E-state index contributed by atoms with van der Waals surface area (Å²) < 4.78 is 16.0. The fourth-order valence-corrected chi connectivity index (χ4v) is 3.32. The van der Waals surface area contributed by atoms with Gasteiger partial charge in [0.05, 0.1) is 19.4 Å². The number of methoxy groups -OCH3 is 1. The fourth-order valence-electron chi connectivity index (χ4n) is 3.32. The molecule has 0 fully saturated rings. The average Bonchev–Trinajstić information content (AvgIpc) is 2.93. The highest BCUT2D eigenvalue weighted by molar-refractivity contribution is 5.81. The molecule has 200 valence electrons. The number of hydrazone groups is 1. The largest absolute Gasteiger partial charge is 0.493 e. The second-order valence-electron chi connectivity index (χ2n) is 8.40. The van der Waals surface area contributed by atoms with Crippen molar-refractivity contribution in [2.45, 2.75) is 20.0 Å². The van der Waals surface area contributed by atoms with Crippen LogP contribution >= 0.6 is 0 Å². The van der Waals surface area contributed by atoms with Gasteiger partial charge in [0.25, 0.3) is 0 Å². The molecule has 39 heavy (non-hydrogen) atoms. The number of hydrogen-bond donors (Lipinski definition) is 3. The Kier molecular flexibility index (Phi) is 9.22. The van der Waals surface area contributed by atoms with Gasteiger partial charge in [-0.05, 0) is 61.9 Å². The van der Waals surface area contributed by atoms with E-state index in [2.05, 4.69) is 36.1 Å². The van der Waals surface area contributed by atoms with Crippen LogP contribution in [0.4, 0.5) is 29.2 Å². The molecule has 4 rings (SSSR count). The van der Waals surface area contributed by atoms with Crippen molar-refractivity contribution in [3.63, 3.8) is 0 Å². The number of aromatic nitrogens is 3. The maximum atomic E-state index is 11.8. The number of nitrogens with zero attached hydrogens (tertiary/aromatic N) is 4. The molecule has 4 aromatic rings. The Balaban J connectivity index is 1.47. The van der Waals surface area contributed by atoms with Crippen LogP contribution in [0.3, 0.4) is 0 Å². The van der Waals surface area contributed by atoms with Crippen molar-refractivity contribution in [2.24, 2.45) is 5.10 Å². The number of benzene rings is 3. The lowest BCUT2D eigenvalue weighted by Crippen LogP contribution is -2.18. The maximum Gasteiger partial charge on any atom is 0.344 e. The van der Waals surface area contributed by atoms with Crippen molar-refractivity contribution >= 4 is 41.4 Å². The van der Waals surface area contributed by atoms with Crippen LogP contribution in [0.2, 0.25) is 0 Å². The SMILES string of the molecule is COc1cc(/C=N/Nc2nc(Nc3ccccc3)nc(Nc3ccccc3)n2)ccc1OCC(=O)OC(C)C. The Morgan fingerprint density at radius 3 is 2.00 bits per heavy atom. The molecule has 0 amide bonds. The number of carbonyl (C=O) groups is 1. The number of hydrogen-bond acceptors (Lipinski definition) is 11. The Labute approximate surface area is 226 Å². The molecule has 0 spiro atoms. The quantitative estimate of drug-likeness (QED) is 0.129. The third-order valence-corrected chi connectivity index (χ3v) is 4.97. The Morgan fingerprint density at radius 2 is 1.44 bits per heavy atom. The molecule has 0 saturated carbocycles. The molecule has 0 aliphatic heterocycles. The maximum absolute atomic E-state index is 11.8. The number of rotatable bonds is 12. The van der Waals surface area contributed by atoms with Crippen LogP contribution in [0, 0.1) is 0 Å². The van der Waals surface area contributed by atoms with Crippen LogP contribution in [0.15, 0.2) is 84.0 Å². The van der Waals surface area contributed by atoms with E-state index in [-0.39, 0.29) is 18.7 Å². The predicted molar refractivity (Wildman–Crippen MR) is 150 cm³/mol. The summed E-state index contributed by atoms with van der Waals surface area (Å²) in [5, 5.41) is 10.6. The number of para-hydroxylation sites is 2. The molecule has 3 aromatic carbocycles. The van der Waals surface area contributed by atoms with Gasteiger partial charge in [0.1, 0.15) is 0 Å². The monoisotopic (exact) mass is 527 g/mol. The second kappa shape index (κ2) is 13.4. The van der Waals surface area contributed by atoms with Gasteiger partial charge in [0.15, 0.2) is 18.1 Å². The summed E-state index contributed by atoms with van der Waals surface area (Å²) in [6.07, 6.45) is 1.37. The number of carbonyl (C=O) groups excluding carboxylic acids is 1. The van der Waals surface area contributed by atoms with E-state index in [0.717, 1.165) is 16.9 Å². The van der Waals surface area contributed by atoms with Gasteiger partial charge < -0.3 is 24.8 Å². The number of ether oxygens (including phenoxy) is 3. The lowest BCUT2D eigenvalue weighted by molar-refractivity contribution is -0.149. The summed E-state index contributed by atoms with van der Waals surface area (Å²) in [6.45, 7) is 3.33. The van der Waals surface area contributed by atoms with Crippen molar-refractivity contribution in [2.75, 3.05) is 29.8 Å². The van der Waals surface area contributed by atoms with Gasteiger partial charge in [0.2, 0.25) is 17.8 Å². The highest BCUT2D eigenvalue weighted by Crippen LogP contribution is 2.27. The Bertz CT molecular complexity index is 1340. The van der Waals surface area contributed by atoms with Crippen LogP contribution in [-0.2, 0) is 9.53 Å². The zero-order chi connectivity index (χ0) is 27.5. The van der Waals surface area contributed by atoms with E-state index in [1.54, 1.807) is 38.3 Å². The molecule has 11 nitrogen and oxygen atoms in total. The van der Waals surface area contributed by atoms with Crippen molar-refractivity contribution in [1.82, 2.24) is 15.0 Å². The minimum absolute atomic E-state index is 0.214. The van der Waals surface area contributed by atoms with E-state index in [9.17, 15) is 4.79 Å². The van der Waals surface area contributed by atoms with Gasteiger partial charge in [0, 0.05) is 11.4 Å². The van der Waals surface area contributed by atoms with Gasteiger partial charge in [-0.3, -0.25) is 0 Å². The van der Waals surface area contributed by atoms with E-state index in [4.69, 9.17) is 14.2 Å². The number of esters is 1. The van der Waals surface area contributed by atoms with Gasteiger partial charge in [-0.1, -0.05) is 36.4 Å². The zero-order valence-corrected chi connectivity index (χ0v) is 21.8. The third-order valence-electron chi connectivity index (χ3n) is 4.97. The first-order chi connectivity index (χ1) is 19.0. The molecule has 3 N–H and O–H groups in total. The molecule has 0 bridgehead atoms. The summed E-state index contributed by atoms with van der Waals surface area (Å²) in [5.74, 6) is 1.31. The van der Waals surface area contributed by atoms with Crippen LogP contribution in [-0.4, -0.2) is 47.0 Å². The molecule has 0 radical (unpaired) electrons. The van der Waals surface area contributed by atoms with Gasteiger partial charge in [-0.15, -0.1) is 0 Å². The lowest BCUT2D eigenvalue weighted by Gasteiger charge is -2.12. The number of nitrogens with one attached hydrogen (secondary N) is 3. The summed E-state index contributed by atoms with van der Waals surface area (Å²) in [6, 6.07) is 24.3. The van der Waals surface area contributed by atoms with Crippen LogP contribution in [0.25, 0.3) is 0 Å². The zero-order valence-electron chi connectivity index (χ0n) is 21.8. The van der Waals surface area contributed by atoms with E-state index >= 15 is 0 Å². The van der Waals surface area contributed by atoms with Gasteiger partial charge in [-0.25, -0.2) is 10.2 Å². The van der Waals surface area contributed by atoms with Crippen LogP contribution in [0.5, 0.6) is 11.5 Å². The van der Waals surface area contributed by atoms with Gasteiger partial charge >= 0.3 is 5.97 Å². The highest BCUT2D eigenvalue weighted by atomic mass is 16.6. The standard InChI is InChI=1S/C28H29N7O4/c1-19(2)39-25(36)18-38-23-15-14-20(16-24(23)37-3)17-29-35-28-33-26(30-21-10-6-4-7-11-21)32-27(34-28)31-22-12-8-5-9-13-22/h4-17,19H,18H2,1-3H3,(H3,30,31,32,33,34,35)/b29-17+. The first-order valence-corrected chi connectivity index (χ1v) is 12.2. The fraction of sp³-hybridized carbons (Fsp3) is 0.179.